The first-order chi connectivity index (χ1) is 16.8. The zero-order chi connectivity index (χ0) is 24.9. The van der Waals surface area contributed by atoms with Crippen LogP contribution in [0.15, 0.2) is 91.7 Å². The van der Waals surface area contributed by atoms with Gasteiger partial charge in [0.15, 0.2) is 0 Å². The van der Waals surface area contributed by atoms with Crippen LogP contribution in [0.5, 0.6) is 0 Å². The number of hydrogen-bond acceptors (Lipinski definition) is 2. The van der Waals surface area contributed by atoms with Crippen LogP contribution in [-0.4, -0.2) is 12.4 Å². The smallest absolute Gasteiger partial charge is 1.00 e. The van der Waals surface area contributed by atoms with E-state index in [1.165, 1.54) is 11.1 Å². The molecule has 0 aliphatic rings. The maximum absolute atomic E-state index is 5.00. The molecule has 0 aromatic heterocycles. The van der Waals surface area contributed by atoms with Crippen molar-refractivity contribution in [2.24, 2.45) is 9.98 Å². The maximum Gasteiger partial charge on any atom is 2.00 e. The van der Waals surface area contributed by atoms with Gasteiger partial charge in [0, 0.05) is 21.4 Å². The molecule has 0 amide bonds. The van der Waals surface area contributed by atoms with Gasteiger partial charge in [-0.2, -0.15) is 0 Å². The van der Waals surface area contributed by atoms with Crippen LogP contribution >= 0.6 is 31.9 Å². The van der Waals surface area contributed by atoms with Gasteiger partial charge in [-0.3, -0.25) is 9.98 Å². The number of rotatable bonds is 6. The van der Waals surface area contributed by atoms with Gasteiger partial charge in [-0.1, -0.05) is 79.4 Å². The van der Waals surface area contributed by atoms with Gasteiger partial charge in [-0.15, -0.1) is 11.4 Å². The molecular weight excluding hydrogens is 657 g/mol. The minimum Gasteiger partial charge on any atom is -1.00 e. The standard InChI is InChI=1S/C30H26Br2N3.ClH.Co/c1-19-5-9-27(21(3)13-19)33-17-23-15-25(31)7-11-29(23)35-30-12-8-26(32)16-24(30)18-34-28-10-6-20(2)14-22(28)4;;/h5-18H,1-4H3;1H;/q-1;;+2/p-1. The van der Waals surface area contributed by atoms with Crippen LogP contribution in [0.4, 0.5) is 22.7 Å². The van der Waals surface area contributed by atoms with Crippen molar-refractivity contribution in [3.63, 3.8) is 0 Å². The van der Waals surface area contributed by atoms with Crippen molar-refractivity contribution in [2.45, 2.75) is 27.7 Å². The molecule has 0 saturated heterocycles. The summed E-state index contributed by atoms with van der Waals surface area (Å²) in [5, 5.41) is 5.00. The molecule has 191 valence electrons. The molecule has 1 radical (unpaired) electrons. The summed E-state index contributed by atoms with van der Waals surface area (Å²) in [5.41, 5.74) is 10.2. The Labute approximate surface area is 252 Å². The summed E-state index contributed by atoms with van der Waals surface area (Å²) in [6, 6.07) is 24.6. The molecule has 0 N–H and O–H groups in total. The van der Waals surface area contributed by atoms with Crippen LogP contribution in [-0.2, 0) is 16.8 Å². The van der Waals surface area contributed by atoms with E-state index in [0.717, 1.165) is 53.9 Å². The Morgan fingerprint density at radius 1 is 0.595 bits per heavy atom. The number of aliphatic imine (C=N–C) groups is 2. The molecule has 0 unspecified atom stereocenters. The van der Waals surface area contributed by atoms with Crippen LogP contribution in [0.2, 0.25) is 0 Å². The zero-order valence-electron chi connectivity index (χ0n) is 20.9. The zero-order valence-corrected chi connectivity index (χ0v) is 25.9. The summed E-state index contributed by atoms with van der Waals surface area (Å²) < 4.78 is 1.96. The molecule has 4 aromatic carbocycles. The third-order valence-corrected chi connectivity index (χ3v) is 6.60. The molecule has 4 rings (SSSR count). The Kier molecular flexibility index (Phi) is 11.8. The van der Waals surface area contributed by atoms with Gasteiger partial charge in [0.2, 0.25) is 0 Å². The third kappa shape index (κ3) is 8.39. The fourth-order valence-corrected chi connectivity index (χ4v) is 4.53. The van der Waals surface area contributed by atoms with Crippen LogP contribution in [0.1, 0.15) is 33.4 Å². The number of benzene rings is 4. The Bertz CT molecular complexity index is 1340. The molecule has 0 atom stereocenters. The molecule has 0 aliphatic carbocycles. The van der Waals surface area contributed by atoms with Gasteiger partial charge in [-0.05, 0) is 86.3 Å². The van der Waals surface area contributed by atoms with E-state index in [2.05, 4.69) is 83.8 Å². The average Bonchev–Trinajstić information content (AvgIpc) is 2.81. The second-order valence-corrected chi connectivity index (χ2v) is 10.4. The summed E-state index contributed by atoms with van der Waals surface area (Å²) in [4.78, 5) is 9.50. The van der Waals surface area contributed by atoms with Crippen LogP contribution in [0, 0.1) is 27.7 Å². The summed E-state index contributed by atoms with van der Waals surface area (Å²) >= 11 is 7.18. The summed E-state index contributed by atoms with van der Waals surface area (Å²) in [6.45, 7) is 8.33. The minimum absolute atomic E-state index is 0. The van der Waals surface area contributed by atoms with E-state index in [1.54, 1.807) is 0 Å². The number of nitrogens with zero attached hydrogens (tertiary/aromatic N) is 3. The second-order valence-electron chi connectivity index (χ2n) is 8.61. The van der Waals surface area contributed by atoms with E-state index in [4.69, 9.17) is 15.3 Å². The van der Waals surface area contributed by atoms with Gasteiger partial charge in [0.05, 0.1) is 11.4 Å². The van der Waals surface area contributed by atoms with Gasteiger partial charge in [0.25, 0.3) is 0 Å². The fourth-order valence-electron chi connectivity index (χ4n) is 3.77. The van der Waals surface area contributed by atoms with Crippen molar-refractivity contribution < 1.29 is 29.2 Å². The molecule has 0 spiro atoms. The largest absolute Gasteiger partial charge is 2.00 e. The summed E-state index contributed by atoms with van der Waals surface area (Å²) in [6.07, 6.45) is 3.76. The van der Waals surface area contributed by atoms with Gasteiger partial charge >= 0.3 is 16.8 Å². The van der Waals surface area contributed by atoms with E-state index in [-0.39, 0.29) is 29.2 Å². The molecule has 3 nitrogen and oxygen atoms in total. The Morgan fingerprint density at radius 2 is 1.00 bits per heavy atom. The number of aryl methyl sites for hydroxylation is 4. The fraction of sp³-hybridized carbons (Fsp3) is 0.133. The quantitative estimate of drug-likeness (QED) is 0.192. The predicted octanol–water partition coefficient (Wildman–Crippen LogP) is 7.28. The van der Waals surface area contributed by atoms with E-state index in [0.29, 0.717) is 0 Å². The average molecular weight is 683 g/mol. The van der Waals surface area contributed by atoms with Crippen molar-refractivity contribution in [3.05, 3.63) is 120 Å². The minimum atomic E-state index is 0. The van der Waals surface area contributed by atoms with Crippen molar-refractivity contribution >= 4 is 67.0 Å². The van der Waals surface area contributed by atoms with Gasteiger partial charge in [0.1, 0.15) is 0 Å². The first kappa shape index (κ1) is 31.0. The third-order valence-electron chi connectivity index (χ3n) is 5.61. The van der Waals surface area contributed by atoms with Crippen molar-refractivity contribution in [3.8, 4) is 0 Å². The van der Waals surface area contributed by atoms with E-state index in [1.807, 2.05) is 61.0 Å². The number of halogens is 3. The summed E-state index contributed by atoms with van der Waals surface area (Å²) in [7, 11) is 0. The molecule has 0 saturated carbocycles. The van der Waals surface area contributed by atoms with Crippen molar-refractivity contribution in [1.29, 1.82) is 0 Å². The van der Waals surface area contributed by atoms with Gasteiger partial charge in [-0.25, -0.2) is 0 Å². The normalized spacial score (nSPS) is 10.9. The molecule has 0 bridgehead atoms. The van der Waals surface area contributed by atoms with E-state index < -0.39 is 0 Å². The molecule has 0 aliphatic heterocycles. The summed E-state index contributed by atoms with van der Waals surface area (Å²) in [5.74, 6) is 0. The van der Waals surface area contributed by atoms with Crippen LogP contribution in [0.25, 0.3) is 5.32 Å². The molecule has 0 fully saturated rings. The molecule has 4 aromatic rings. The van der Waals surface area contributed by atoms with Crippen LogP contribution < -0.4 is 12.4 Å². The Hall–Kier alpha value is -2.22. The molecular formula is C30H26Br2ClCoN3. The van der Waals surface area contributed by atoms with Crippen molar-refractivity contribution in [1.82, 2.24) is 0 Å². The van der Waals surface area contributed by atoms with E-state index >= 15 is 0 Å². The topological polar surface area (TPSA) is 38.8 Å². The maximum atomic E-state index is 5.00. The molecule has 37 heavy (non-hydrogen) atoms. The molecule has 7 heteroatoms. The Morgan fingerprint density at radius 3 is 1.38 bits per heavy atom. The monoisotopic (exact) mass is 680 g/mol. The number of hydrogen-bond donors (Lipinski definition) is 0. The molecule has 0 heterocycles. The van der Waals surface area contributed by atoms with E-state index in [9.17, 15) is 0 Å². The Balaban J connectivity index is 0.00000241. The first-order valence-electron chi connectivity index (χ1n) is 11.3. The SMILES string of the molecule is Cc1ccc(N=Cc2cc(Br)ccc2[N-]c2ccc(Br)cc2C=Nc2ccc(C)cc2C)c(C)c1.[Cl-].[Co+2]. The van der Waals surface area contributed by atoms with Crippen molar-refractivity contribution in [2.75, 3.05) is 0 Å². The van der Waals surface area contributed by atoms with Crippen LogP contribution in [0.3, 0.4) is 0 Å². The van der Waals surface area contributed by atoms with Gasteiger partial charge < -0.3 is 17.7 Å². The predicted molar refractivity (Wildman–Crippen MR) is 157 cm³/mol. The first-order valence-corrected chi connectivity index (χ1v) is 12.9. The second kappa shape index (κ2) is 14.1.